The Morgan fingerprint density at radius 3 is 2.90 bits per heavy atom. The summed E-state index contributed by atoms with van der Waals surface area (Å²) in [6.07, 6.45) is 3.86. The number of amides is 1. The van der Waals surface area contributed by atoms with E-state index in [0.717, 1.165) is 38.3 Å². The number of likely N-dealkylation sites (tertiary alicyclic amines) is 1. The Morgan fingerprint density at radius 2 is 2.29 bits per heavy atom. The van der Waals surface area contributed by atoms with Gasteiger partial charge in [-0.1, -0.05) is 0 Å². The molecule has 2 rings (SSSR count). The molecule has 6 heteroatoms. The fourth-order valence-electron chi connectivity index (χ4n) is 2.48. The van der Waals surface area contributed by atoms with Crippen molar-refractivity contribution in [2.24, 2.45) is 13.0 Å². The van der Waals surface area contributed by atoms with Crippen LogP contribution in [-0.2, 0) is 11.8 Å². The van der Waals surface area contributed by atoms with E-state index in [2.05, 4.69) is 10.4 Å². The Hall–Kier alpha value is -1.72. The molecule has 1 atom stereocenters. The molecule has 0 aromatic carbocycles. The lowest BCUT2D eigenvalue weighted by molar-refractivity contribution is 0.0172. The molecule has 21 heavy (non-hydrogen) atoms. The lowest BCUT2D eigenvalue weighted by Crippen LogP contribution is -2.44. The molecule has 0 saturated carbocycles. The number of hydrogen-bond acceptors (Lipinski definition) is 4. The molecule has 1 saturated heterocycles. The van der Waals surface area contributed by atoms with Crippen molar-refractivity contribution in [1.29, 1.82) is 0 Å². The zero-order chi connectivity index (χ0) is 15.5. The zero-order valence-corrected chi connectivity index (χ0v) is 13.4. The van der Waals surface area contributed by atoms with Gasteiger partial charge in [0.25, 0.3) is 0 Å². The van der Waals surface area contributed by atoms with E-state index in [-0.39, 0.29) is 6.09 Å². The van der Waals surface area contributed by atoms with E-state index >= 15 is 0 Å². The number of aryl methyl sites for hydroxylation is 1. The number of rotatable bonds is 3. The molecule has 1 aromatic heterocycles. The minimum absolute atomic E-state index is 0.204. The maximum Gasteiger partial charge on any atom is 0.410 e. The summed E-state index contributed by atoms with van der Waals surface area (Å²) in [6.45, 7) is 8.05. The average Bonchev–Trinajstić information content (AvgIpc) is 2.81. The molecule has 0 radical (unpaired) electrons. The summed E-state index contributed by atoms with van der Waals surface area (Å²) in [4.78, 5) is 13.9. The quantitative estimate of drug-likeness (QED) is 0.930. The van der Waals surface area contributed by atoms with E-state index in [9.17, 15) is 4.79 Å². The molecule has 1 N–H and O–H groups in total. The molecule has 1 aliphatic rings. The Bertz CT molecular complexity index is 478. The van der Waals surface area contributed by atoms with Gasteiger partial charge in [0.1, 0.15) is 11.4 Å². The summed E-state index contributed by atoms with van der Waals surface area (Å²) in [7, 11) is 1.90. The Kier molecular flexibility index (Phi) is 4.75. The van der Waals surface area contributed by atoms with Crippen molar-refractivity contribution < 1.29 is 9.53 Å². The average molecular weight is 294 g/mol. The number of nitrogens with one attached hydrogen (secondary N) is 1. The van der Waals surface area contributed by atoms with Gasteiger partial charge >= 0.3 is 6.09 Å². The van der Waals surface area contributed by atoms with Crippen molar-refractivity contribution in [3.63, 3.8) is 0 Å². The summed E-state index contributed by atoms with van der Waals surface area (Å²) in [5.41, 5.74) is -0.434. The van der Waals surface area contributed by atoms with Crippen LogP contribution in [0.5, 0.6) is 0 Å². The standard InChI is InChI=1S/C15H26N4O2/c1-15(2,3)21-14(20)19-8-5-6-12(11-19)10-16-13-7-9-18(4)17-13/h7,9,12H,5-6,8,10-11H2,1-4H3,(H,16,17). The maximum absolute atomic E-state index is 12.1. The topological polar surface area (TPSA) is 59.4 Å². The monoisotopic (exact) mass is 294 g/mol. The zero-order valence-electron chi connectivity index (χ0n) is 13.4. The highest BCUT2D eigenvalue weighted by atomic mass is 16.6. The van der Waals surface area contributed by atoms with Gasteiger partial charge in [0.15, 0.2) is 0 Å². The molecular weight excluding hydrogens is 268 g/mol. The van der Waals surface area contributed by atoms with Gasteiger partial charge in [0, 0.05) is 38.9 Å². The first-order chi connectivity index (χ1) is 9.83. The van der Waals surface area contributed by atoms with Gasteiger partial charge in [0.2, 0.25) is 0 Å². The van der Waals surface area contributed by atoms with Crippen molar-refractivity contribution >= 4 is 11.9 Å². The van der Waals surface area contributed by atoms with Gasteiger partial charge < -0.3 is 15.0 Å². The molecule has 1 fully saturated rings. The lowest BCUT2D eigenvalue weighted by Gasteiger charge is -2.34. The van der Waals surface area contributed by atoms with Gasteiger partial charge in [-0.3, -0.25) is 4.68 Å². The fraction of sp³-hybridized carbons (Fsp3) is 0.733. The van der Waals surface area contributed by atoms with Gasteiger partial charge in [0.05, 0.1) is 0 Å². The third kappa shape index (κ3) is 4.95. The second kappa shape index (κ2) is 6.37. The van der Waals surface area contributed by atoms with Crippen LogP contribution in [0.1, 0.15) is 33.6 Å². The summed E-state index contributed by atoms with van der Waals surface area (Å²) >= 11 is 0. The van der Waals surface area contributed by atoms with Crippen LogP contribution in [0.25, 0.3) is 0 Å². The van der Waals surface area contributed by atoms with E-state index in [1.54, 1.807) is 4.68 Å². The predicted octanol–water partition coefficient (Wildman–Crippen LogP) is 2.48. The smallest absolute Gasteiger partial charge is 0.410 e. The highest BCUT2D eigenvalue weighted by Gasteiger charge is 2.27. The number of carbonyl (C=O) groups excluding carboxylic acids is 1. The Morgan fingerprint density at radius 1 is 1.52 bits per heavy atom. The van der Waals surface area contributed by atoms with Gasteiger partial charge in [-0.2, -0.15) is 5.10 Å². The summed E-state index contributed by atoms with van der Waals surface area (Å²) in [6, 6.07) is 1.95. The Balaban J connectivity index is 1.81. The molecule has 1 unspecified atom stereocenters. The summed E-state index contributed by atoms with van der Waals surface area (Å²) < 4.78 is 7.22. The lowest BCUT2D eigenvalue weighted by atomic mass is 9.98. The number of ether oxygens (including phenoxy) is 1. The second-order valence-electron chi connectivity index (χ2n) is 6.69. The van der Waals surface area contributed by atoms with Crippen LogP contribution in [-0.4, -0.2) is 46.0 Å². The molecule has 1 amide bonds. The first-order valence-electron chi connectivity index (χ1n) is 7.55. The van der Waals surface area contributed by atoms with Crippen molar-refractivity contribution in [1.82, 2.24) is 14.7 Å². The highest BCUT2D eigenvalue weighted by molar-refractivity contribution is 5.68. The van der Waals surface area contributed by atoms with Crippen LogP contribution in [0.15, 0.2) is 12.3 Å². The van der Waals surface area contributed by atoms with E-state index in [1.165, 1.54) is 0 Å². The largest absolute Gasteiger partial charge is 0.444 e. The van der Waals surface area contributed by atoms with Crippen molar-refractivity contribution in [2.45, 2.75) is 39.2 Å². The molecule has 1 aliphatic heterocycles. The molecule has 118 valence electrons. The van der Waals surface area contributed by atoms with Crippen LogP contribution < -0.4 is 5.32 Å². The SMILES string of the molecule is Cn1ccc(NCC2CCCN(C(=O)OC(C)(C)C)C2)n1. The molecule has 0 bridgehead atoms. The van der Waals surface area contributed by atoms with E-state index in [4.69, 9.17) is 4.74 Å². The second-order valence-corrected chi connectivity index (χ2v) is 6.69. The van der Waals surface area contributed by atoms with E-state index in [0.29, 0.717) is 5.92 Å². The number of nitrogens with zero attached hydrogens (tertiary/aromatic N) is 3. The molecule has 2 heterocycles. The van der Waals surface area contributed by atoms with Crippen LogP contribution in [0.4, 0.5) is 10.6 Å². The third-order valence-corrected chi connectivity index (χ3v) is 3.46. The van der Waals surface area contributed by atoms with Crippen molar-refractivity contribution in [3.05, 3.63) is 12.3 Å². The summed E-state index contributed by atoms with van der Waals surface area (Å²) in [5.74, 6) is 1.32. The molecule has 1 aromatic rings. The molecular formula is C15H26N4O2. The fourth-order valence-corrected chi connectivity index (χ4v) is 2.48. The first kappa shape index (κ1) is 15.7. The third-order valence-electron chi connectivity index (χ3n) is 3.46. The maximum atomic E-state index is 12.1. The van der Waals surface area contributed by atoms with Crippen molar-refractivity contribution in [2.75, 3.05) is 25.0 Å². The first-order valence-corrected chi connectivity index (χ1v) is 7.55. The number of hydrogen-bond donors (Lipinski definition) is 1. The van der Waals surface area contributed by atoms with E-state index < -0.39 is 5.60 Å². The van der Waals surface area contributed by atoms with Gasteiger partial charge in [-0.25, -0.2) is 4.79 Å². The van der Waals surface area contributed by atoms with Crippen LogP contribution >= 0.6 is 0 Å². The van der Waals surface area contributed by atoms with Crippen LogP contribution in [0, 0.1) is 5.92 Å². The van der Waals surface area contributed by atoms with Crippen LogP contribution in [0.2, 0.25) is 0 Å². The normalized spacial score (nSPS) is 19.4. The van der Waals surface area contributed by atoms with Gasteiger partial charge in [-0.15, -0.1) is 0 Å². The Labute approximate surface area is 126 Å². The number of carbonyl (C=O) groups is 1. The van der Waals surface area contributed by atoms with E-state index in [1.807, 2.05) is 45.0 Å². The summed E-state index contributed by atoms with van der Waals surface area (Å²) in [5, 5.41) is 7.63. The molecule has 0 spiro atoms. The predicted molar refractivity (Wildman–Crippen MR) is 82.2 cm³/mol. The van der Waals surface area contributed by atoms with Crippen molar-refractivity contribution in [3.8, 4) is 0 Å². The van der Waals surface area contributed by atoms with Crippen LogP contribution in [0.3, 0.4) is 0 Å². The minimum Gasteiger partial charge on any atom is -0.444 e. The molecule has 6 nitrogen and oxygen atoms in total. The van der Waals surface area contributed by atoms with Gasteiger partial charge in [-0.05, 0) is 39.5 Å². The number of anilines is 1. The molecule has 0 aliphatic carbocycles. The number of piperidine rings is 1. The highest BCUT2D eigenvalue weighted by Crippen LogP contribution is 2.19. The minimum atomic E-state index is -0.434. The number of aromatic nitrogens is 2.